The standard InChI is InChI=1S/C26H31FN4O3/c1-19-17-30(18-28-19)24-12-6-21(16-25(24)34-4)7-13-26(29-32)31(14-5-15-33-3)20(2)22-8-10-23(27)11-9-22/h6-13,16-18,20,32H,5,14-15H2,1-4H3/b13-7+,29-26-. The maximum atomic E-state index is 13.4. The molecule has 2 aromatic carbocycles. The smallest absolute Gasteiger partial charge is 0.168 e. The molecule has 0 spiro atoms. The van der Waals surface area contributed by atoms with Crippen molar-refractivity contribution in [3.8, 4) is 11.4 Å². The Labute approximate surface area is 199 Å². The fourth-order valence-electron chi connectivity index (χ4n) is 3.73. The fourth-order valence-corrected chi connectivity index (χ4v) is 3.73. The zero-order chi connectivity index (χ0) is 24.5. The van der Waals surface area contributed by atoms with Gasteiger partial charge in [-0.3, -0.25) is 0 Å². The molecular formula is C26H31FN4O3. The number of rotatable bonds is 10. The Bertz CT molecular complexity index is 1130. The third kappa shape index (κ3) is 6.23. The molecule has 8 heteroatoms. The first-order valence-electron chi connectivity index (χ1n) is 11.1. The number of imidazole rings is 1. The fraction of sp³-hybridized carbons (Fsp3) is 0.308. The molecule has 0 bridgehead atoms. The summed E-state index contributed by atoms with van der Waals surface area (Å²) in [5, 5.41) is 13.4. The number of halogens is 1. The van der Waals surface area contributed by atoms with Gasteiger partial charge in [0.25, 0.3) is 0 Å². The molecule has 0 radical (unpaired) electrons. The zero-order valence-electron chi connectivity index (χ0n) is 20.0. The van der Waals surface area contributed by atoms with Crippen LogP contribution in [0, 0.1) is 12.7 Å². The maximum Gasteiger partial charge on any atom is 0.168 e. The molecule has 0 aliphatic carbocycles. The van der Waals surface area contributed by atoms with Gasteiger partial charge in [-0.15, -0.1) is 0 Å². The Kier molecular flexibility index (Phi) is 8.81. The van der Waals surface area contributed by atoms with E-state index < -0.39 is 0 Å². The summed E-state index contributed by atoms with van der Waals surface area (Å²) in [5.74, 6) is 0.793. The summed E-state index contributed by atoms with van der Waals surface area (Å²) in [6.45, 7) is 5.09. The first-order chi connectivity index (χ1) is 16.5. The number of hydrogen-bond acceptors (Lipinski definition) is 5. The normalized spacial score (nSPS) is 12.8. The average Bonchev–Trinajstić information content (AvgIpc) is 3.29. The van der Waals surface area contributed by atoms with Crippen LogP contribution in [0.1, 0.15) is 36.2 Å². The summed E-state index contributed by atoms with van der Waals surface area (Å²) < 4.78 is 26.1. The zero-order valence-corrected chi connectivity index (χ0v) is 20.0. The number of ether oxygens (including phenoxy) is 2. The van der Waals surface area contributed by atoms with Crippen molar-refractivity contribution in [3.63, 3.8) is 0 Å². The number of nitrogens with zero attached hydrogens (tertiary/aromatic N) is 4. The van der Waals surface area contributed by atoms with Crippen LogP contribution in [0.15, 0.2) is 66.2 Å². The highest BCUT2D eigenvalue weighted by Crippen LogP contribution is 2.26. The third-order valence-corrected chi connectivity index (χ3v) is 5.58. The lowest BCUT2D eigenvalue weighted by molar-refractivity contribution is 0.179. The van der Waals surface area contributed by atoms with Gasteiger partial charge in [0.05, 0.1) is 30.9 Å². The van der Waals surface area contributed by atoms with Crippen LogP contribution in [0.5, 0.6) is 5.75 Å². The molecule has 1 unspecified atom stereocenters. The molecule has 34 heavy (non-hydrogen) atoms. The average molecular weight is 467 g/mol. The van der Waals surface area contributed by atoms with E-state index in [-0.39, 0.29) is 11.9 Å². The molecule has 0 amide bonds. The molecule has 1 N–H and O–H groups in total. The lowest BCUT2D eigenvalue weighted by Crippen LogP contribution is -2.34. The van der Waals surface area contributed by atoms with Gasteiger partial charge >= 0.3 is 0 Å². The van der Waals surface area contributed by atoms with E-state index in [0.717, 1.165) is 28.9 Å². The summed E-state index contributed by atoms with van der Waals surface area (Å²) in [6, 6.07) is 12.0. The van der Waals surface area contributed by atoms with Crippen molar-refractivity contribution in [1.82, 2.24) is 14.5 Å². The summed E-state index contributed by atoms with van der Waals surface area (Å²) in [5.41, 5.74) is 3.58. The highest BCUT2D eigenvalue weighted by Gasteiger charge is 2.19. The van der Waals surface area contributed by atoms with E-state index in [9.17, 15) is 9.60 Å². The summed E-state index contributed by atoms with van der Waals surface area (Å²) in [4.78, 5) is 6.23. The van der Waals surface area contributed by atoms with Crippen molar-refractivity contribution >= 4 is 11.9 Å². The molecule has 0 fully saturated rings. The summed E-state index contributed by atoms with van der Waals surface area (Å²) >= 11 is 0. The second kappa shape index (κ2) is 12.0. The molecule has 0 saturated heterocycles. The summed E-state index contributed by atoms with van der Waals surface area (Å²) in [6.07, 6.45) is 8.03. The first kappa shape index (κ1) is 25.0. The molecule has 7 nitrogen and oxygen atoms in total. The number of hydrogen-bond donors (Lipinski definition) is 1. The van der Waals surface area contributed by atoms with Gasteiger partial charge in [-0.2, -0.15) is 0 Å². The minimum absolute atomic E-state index is 0.144. The third-order valence-electron chi connectivity index (χ3n) is 5.58. The lowest BCUT2D eigenvalue weighted by atomic mass is 10.1. The van der Waals surface area contributed by atoms with Crippen molar-refractivity contribution in [2.24, 2.45) is 5.16 Å². The molecule has 0 saturated carbocycles. The predicted octanol–water partition coefficient (Wildman–Crippen LogP) is 5.23. The number of oxime groups is 1. The number of aryl methyl sites for hydroxylation is 1. The molecule has 180 valence electrons. The van der Waals surface area contributed by atoms with E-state index in [2.05, 4.69) is 10.1 Å². The quantitative estimate of drug-likeness (QED) is 0.146. The second-order valence-electron chi connectivity index (χ2n) is 7.91. The van der Waals surface area contributed by atoms with Crippen LogP contribution in [0.2, 0.25) is 0 Å². The number of aromatic nitrogens is 2. The molecule has 1 heterocycles. The van der Waals surface area contributed by atoms with Gasteiger partial charge in [0.2, 0.25) is 0 Å². The lowest BCUT2D eigenvalue weighted by Gasteiger charge is -2.30. The van der Waals surface area contributed by atoms with Crippen molar-refractivity contribution in [1.29, 1.82) is 0 Å². The topological polar surface area (TPSA) is 72.1 Å². The molecule has 0 aliphatic heterocycles. The highest BCUT2D eigenvalue weighted by molar-refractivity contribution is 5.96. The van der Waals surface area contributed by atoms with Crippen LogP contribution >= 0.6 is 0 Å². The van der Waals surface area contributed by atoms with Gasteiger partial charge in [0, 0.05) is 26.5 Å². The Morgan fingerprint density at radius 1 is 1.24 bits per heavy atom. The summed E-state index contributed by atoms with van der Waals surface area (Å²) in [7, 11) is 3.27. The Morgan fingerprint density at radius 2 is 2.00 bits per heavy atom. The van der Waals surface area contributed by atoms with Crippen LogP contribution in [0.3, 0.4) is 0 Å². The van der Waals surface area contributed by atoms with Gasteiger partial charge < -0.3 is 24.1 Å². The Hall–Kier alpha value is -3.65. The van der Waals surface area contributed by atoms with E-state index in [1.165, 1.54) is 12.1 Å². The molecule has 1 atom stereocenters. The molecule has 0 aliphatic rings. The number of methoxy groups -OCH3 is 2. The van der Waals surface area contributed by atoms with Crippen molar-refractivity contribution in [2.45, 2.75) is 26.3 Å². The maximum absolute atomic E-state index is 13.4. The molecule has 1 aromatic heterocycles. The number of benzene rings is 2. The van der Waals surface area contributed by atoms with Gasteiger partial charge in [0.15, 0.2) is 5.84 Å². The van der Waals surface area contributed by atoms with Gasteiger partial charge in [-0.05, 0) is 61.7 Å². The van der Waals surface area contributed by atoms with Crippen molar-refractivity contribution in [3.05, 3.63) is 83.7 Å². The van der Waals surface area contributed by atoms with Gasteiger partial charge in [0.1, 0.15) is 11.6 Å². The van der Waals surface area contributed by atoms with Crippen molar-refractivity contribution < 1.29 is 19.1 Å². The Morgan fingerprint density at radius 3 is 2.62 bits per heavy atom. The largest absolute Gasteiger partial charge is 0.495 e. The van der Waals surface area contributed by atoms with E-state index in [4.69, 9.17) is 9.47 Å². The highest BCUT2D eigenvalue weighted by atomic mass is 19.1. The number of amidine groups is 1. The van der Waals surface area contributed by atoms with E-state index in [1.54, 1.807) is 38.8 Å². The minimum atomic E-state index is -0.291. The Balaban J connectivity index is 1.85. The van der Waals surface area contributed by atoms with Gasteiger partial charge in [-0.1, -0.05) is 29.4 Å². The monoisotopic (exact) mass is 466 g/mol. The molecular weight excluding hydrogens is 435 g/mol. The van der Waals surface area contributed by atoms with Crippen molar-refractivity contribution in [2.75, 3.05) is 27.4 Å². The van der Waals surface area contributed by atoms with Gasteiger partial charge in [-0.25, -0.2) is 9.37 Å². The predicted molar refractivity (Wildman–Crippen MR) is 131 cm³/mol. The minimum Gasteiger partial charge on any atom is -0.495 e. The molecule has 3 aromatic rings. The first-order valence-corrected chi connectivity index (χ1v) is 11.1. The van der Waals surface area contributed by atoms with Crippen LogP contribution in [0.25, 0.3) is 11.8 Å². The molecule has 3 rings (SSSR count). The van der Waals surface area contributed by atoms with E-state index in [1.807, 2.05) is 53.8 Å². The van der Waals surface area contributed by atoms with Crippen LogP contribution < -0.4 is 4.74 Å². The van der Waals surface area contributed by atoms with Crippen LogP contribution in [0.4, 0.5) is 4.39 Å². The van der Waals surface area contributed by atoms with Crippen LogP contribution in [-0.2, 0) is 4.74 Å². The van der Waals surface area contributed by atoms with Crippen LogP contribution in [-0.4, -0.2) is 52.9 Å². The second-order valence-corrected chi connectivity index (χ2v) is 7.91. The van der Waals surface area contributed by atoms with E-state index >= 15 is 0 Å². The SMILES string of the molecule is COCCCN(C(/C=C/c1ccc(-n2cnc(C)c2)c(OC)c1)=N\O)C(C)c1ccc(F)cc1. The van der Waals surface area contributed by atoms with E-state index in [0.29, 0.717) is 24.7 Å².